The summed E-state index contributed by atoms with van der Waals surface area (Å²) in [6, 6.07) is 0. The number of nitrogens with one attached hydrogen (secondary N) is 1. The highest BCUT2D eigenvalue weighted by Crippen LogP contribution is 2.25. The summed E-state index contributed by atoms with van der Waals surface area (Å²) in [6.45, 7) is 8.76. The van der Waals surface area contributed by atoms with Crippen molar-refractivity contribution in [2.45, 2.75) is 13.8 Å². The van der Waals surface area contributed by atoms with Gasteiger partial charge in [0, 0.05) is 66.2 Å². The summed E-state index contributed by atoms with van der Waals surface area (Å²) >= 11 is 0. The number of H-pyrrole nitrogens is 1. The van der Waals surface area contributed by atoms with Gasteiger partial charge in [0.25, 0.3) is 0 Å². The van der Waals surface area contributed by atoms with E-state index in [-0.39, 0.29) is 11.8 Å². The summed E-state index contributed by atoms with van der Waals surface area (Å²) in [5.41, 5.74) is 1.45. The van der Waals surface area contributed by atoms with Crippen molar-refractivity contribution in [3.8, 4) is 0 Å². The highest BCUT2D eigenvalue weighted by molar-refractivity contribution is 5.84. The highest BCUT2D eigenvalue weighted by atomic mass is 16.2. The molecule has 10 heteroatoms. The molecule has 1 N–H and O–H groups in total. The molecular weight excluding hydrogens is 348 g/mol. The number of hydrogen-bond donors (Lipinski definition) is 1. The monoisotopic (exact) mass is 372 g/mol. The Bertz CT molecular complexity index is 850. The summed E-state index contributed by atoms with van der Waals surface area (Å²) in [4.78, 5) is 48.0. The van der Waals surface area contributed by atoms with Crippen LogP contribution in [-0.2, 0) is 9.59 Å². The Kier molecular flexibility index (Phi) is 4.54. The van der Waals surface area contributed by atoms with Gasteiger partial charge in [-0.1, -0.05) is 0 Å². The molecule has 2 aromatic rings. The van der Waals surface area contributed by atoms with Crippen LogP contribution in [0.25, 0.3) is 11.2 Å². The minimum absolute atomic E-state index is 0.0994. The first-order valence-electron chi connectivity index (χ1n) is 9.25. The number of aromatic nitrogens is 4. The Balaban J connectivity index is 1.58. The minimum Gasteiger partial charge on any atom is -0.351 e. The third-order valence-electron chi connectivity index (χ3n) is 5.29. The molecule has 0 saturated carbocycles. The van der Waals surface area contributed by atoms with E-state index in [1.807, 2.05) is 9.80 Å². The van der Waals surface area contributed by atoms with Crippen molar-refractivity contribution in [2.75, 3.05) is 62.2 Å². The Hall–Kier alpha value is -2.91. The number of fused-ring (bicyclic) bond motifs is 1. The van der Waals surface area contributed by atoms with Crippen molar-refractivity contribution in [1.29, 1.82) is 0 Å². The normalized spacial score (nSPS) is 18.3. The Morgan fingerprint density at radius 1 is 0.852 bits per heavy atom. The van der Waals surface area contributed by atoms with Gasteiger partial charge in [0.15, 0.2) is 11.5 Å². The number of piperazine rings is 2. The second-order valence-electron chi connectivity index (χ2n) is 6.93. The zero-order valence-electron chi connectivity index (χ0n) is 15.7. The minimum atomic E-state index is 0.0994. The summed E-state index contributed by atoms with van der Waals surface area (Å²) in [5.74, 6) is 1.67. The molecule has 10 nitrogen and oxygen atoms in total. The number of amides is 2. The fourth-order valence-corrected chi connectivity index (χ4v) is 3.63. The van der Waals surface area contributed by atoms with Crippen LogP contribution in [0.15, 0.2) is 6.33 Å². The predicted octanol–water partition coefficient (Wildman–Crippen LogP) is -0.310. The first-order valence-corrected chi connectivity index (χ1v) is 9.25. The van der Waals surface area contributed by atoms with E-state index in [0.29, 0.717) is 50.9 Å². The molecule has 2 aliphatic rings. The molecule has 4 rings (SSSR count). The lowest BCUT2D eigenvalue weighted by Gasteiger charge is -2.36. The molecule has 2 fully saturated rings. The fraction of sp³-hybridized carbons (Fsp3) is 0.588. The molecule has 0 atom stereocenters. The van der Waals surface area contributed by atoms with Crippen LogP contribution in [-0.4, -0.2) is 93.9 Å². The second kappa shape index (κ2) is 7.01. The number of nitrogens with zero attached hydrogens (tertiary/aromatic N) is 7. The number of carbonyl (C=O) groups excluding carboxylic acids is 2. The van der Waals surface area contributed by atoms with E-state index in [4.69, 9.17) is 4.98 Å². The number of hydrogen-bond acceptors (Lipinski definition) is 7. The summed E-state index contributed by atoms with van der Waals surface area (Å²) < 4.78 is 0. The van der Waals surface area contributed by atoms with E-state index in [2.05, 4.69) is 24.8 Å². The van der Waals surface area contributed by atoms with Crippen molar-refractivity contribution in [2.24, 2.45) is 0 Å². The number of anilines is 2. The van der Waals surface area contributed by atoms with Gasteiger partial charge in [0.05, 0.1) is 6.33 Å². The van der Waals surface area contributed by atoms with Gasteiger partial charge in [-0.15, -0.1) is 0 Å². The van der Waals surface area contributed by atoms with Crippen LogP contribution in [0.4, 0.5) is 11.8 Å². The molecule has 0 spiro atoms. The molecule has 0 bridgehead atoms. The van der Waals surface area contributed by atoms with Gasteiger partial charge in [-0.25, -0.2) is 4.98 Å². The molecular formula is C17H24N8O2. The molecule has 4 heterocycles. The van der Waals surface area contributed by atoms with Crippen LogP contribution >= 0.6 is 0 Å². The zero-order valence-corrected chi connectivity index (χ0v) is 15.7. The molecule has 0 aromatic carbocycles. The first kappa shape index (κ1) is 17.5. The van der Waals surface area contributed by atoms with Gasteiger partial charge in [-0.05, 0) is 0 Å². The average molecular weight is 372 g/mol. The van der Waals surface area contributed by atoms with Gasteiger partial charge in [-0.3, -0.25) is 9.59 Å². The first-order chi connectivity index (χ1) is 13.0. The van der Waals surface area contributed by atoms with Gasteiger partial charge >= 0.3 is 0 Å². The van der Waals surface area contributed by atoms with Crippen molar-refractivity contribution < 1.29 is 9.59 Å². The van der Waals surface area contributed by atoms with E-state index in [9.17, 15) is 9.59 Å². The Morgan fingerprint density at radius 2 is 1.41 bits per heavy atom. The van der Waals surface area contributed by atoms with Gasteiger partial charge in [-0.2, -0.15) is 9.97 Å². The van der Waals surface area contributed by atoms with Crippen LogP contribution in [0.3, 0.4) is 0 Å². The Labute approximate surface area is 157 Å². The lowest BCUT2D eigenvalue weighted by Crippen LogP contribution is -2.49. The second-order valence-corrected chi connectivity index (χ2v) is 6.93. The molecule has 2 saturated heterocycles. The van der Waals surface area contributed by atoms with Crippen molar-refractivity contribution >= 4 is 34.7 Å². The standard InChI is InChI=1S/C17H24N8O2/c1-12(26)22-3-7-24(8-4-22)16-14-15(19-11-18-14)20-17(21-16)25-9-5-23(6-10-25)13(2)27/h11H,3-10H2,1-2H3,(H,18,19,20,21). The molecule has 2 aromatic heterocycles. The maximum Gasteiger partial charge on any atom is 0.229 e. The van der Waals surface area contributed by atoms with Crippen molar-refractivity contribution in [1.82, 2.24) is 29.7 Å². The summed E-state index contributed by atoms with van der Waals surface area (Å²) in [6.07, 6.45) is 1.63. The van der Waals surface area contributed by atoms with Crippen LogP contribution in [0.2, 0.25) is 0 Å². The topological polar surface area (TPSA) is 102 Å². The van der Waals surface area contributed by atoms with E-state index in [0.717, 1.165) is 24.4 Å². The molecule has 0 radical (unpaired) electrons. The molecule has 2 aliphatic heterocycles. The van der Waals surface area contributed by atoms with Crippen molar-refractivity contribution in [3.63, 3.8) is 0 Å². The van der Waals surface area contributed by atoms with E-state index < -0.39 is 0 Å². The van der Waals surface area contributed by atoms with Crippen LogP contribution in [0.1, 0.15) is 13.8 Å². The number of carbonyl (C=O) groups is 2. The lowest BCUT2D eigenvalue weighted by atomic mass is 10.3. The van der Waals surface area contributed by atoms with E-state index >= 15 is 0 Å². The SMILES string of the molecule is CC(=O)N1CCN(c2nc(N3CCN(C(C)=O)CC3)c3[nH]cnc3n2)CC1. The van der Waals surface area contributed by atoms with Gasteiger partial charge in [0.2, 0.25) is 17.8 Å². The molecule has 2 amide bonds. The van der Waals surface area contributed by atoms with Gasteiger partial charge in [0.1, 0.15) is 5.52 Å². The molecule has 0 aliphatic carbocycles. The lowest BCUT2D eigenvalue weighted by molar-refractivity contribution is -0.129. The smallest absolute Gasteiger partial charge is 0.229 e. The summed E-state index contributed by atoms with van der Waals surface area (Å²) in [5, 5.41) is 0. The maximum absolute atomic E-state index is 11.6. The third-order valence-corrected chi connectivity index (χ3v) is 5.29. The largest absolute Gasteiger partial charge is 0.351 e. The maximum atomic E-state index is 11.6. The Morgan fingerprint density at radius 3 is 1.96 bits per heavy atom. The fourth-order valence-electron chi connectivity index (χ4n) is 3.63. The molecule has 27 heavy (non-hydrogen) atoms. The number of rotatable bonds is 2. The number of aromatic amines is 1. The molecule has 144 valence electrons. The highest BCUT2D eigenvalue weighted by Gasteiger charge is 2.26. The van der Waals surface area contributed by atoms with Crippen LogP contribution < -0.4 is 9.80 Å². The van der Waals surface area contributed by atoms with Crippen molar-refractivity contribution in [3.05, 3.63) is 6.33 Å². The van der Waals surface area contributed by atoms with Crippen LogP contribution in [0.5, 0.6) is 0 Å². The third kappa shape index (κ3) is 3.38. The van der Waals surface area contributed by atoms with Crippen LogP contribution in [0, 0.1) is 0 Å². The predicted molar refractivity (Wildman–Crippen MR) is 101 cm³/mol. The average Bonchev–Trinajstić information content (AvgIpc) is 3.16. The molecule has 0 unspecified atom stereocenters. The quantitative estimate of drug-likeness (QED) is 0.771. The summed E-state index contributed by atoms with van der Waals surface area (Å²) in [7, 11) is 0. The van der Waals surface area contributed by atoms with Gasteiger partial charge < -0.3 is 24.6 Å². The van der Waals surface area contributed by atoms with E-state index in [1.54, 1.807) is 20.2 Å². The van der Waals surface area contributed by atoms with E-state index in [1.165, 1.54) is 0 Å². The number of imidazole rings is 1. The zero-order chi connectivity index (χ0) is 19.0.